The first-order valence-electron chi connectivity index (χ1n) is 5.59. The Kier molecular flexibility index (Phi) is 41.2. The van der Waals surface area contributed by atoms with Gasteiger partial charge in [0.05, 0.1) is 0 Å². The summed E-state index contributed by atoms with van der Waals surface area (Å²) in [5, 5.41) is 0. The minimum atomic E-state index is -4.67. The Morgan fingerprint density at radius 3 is 0.171 bits per heavy atom. The predicted molar refractivity (Wildman–Crippen MR) is 121 cm³/mol. The van der Waals surface area contributed by atoms with E-state index in [-0.39, 0.29) is 29.6 Å². The van der Waals surface area contributed by atoms with Crippen LogP contribution in [0.3, 0.4) is 0 Å². The first-order chi connectivity index (χ1) is 16.0. The van der Waals surface area contributed by atoms with Gasteiger partial charge in [-0.1, -0.05) is 0 Å². The van der Waals surface area contributed by atoms with Crippen LogP contribution in [0.4, 0.5) is 0 Å². The van der Waals surface area contributed by atoms with Crippen molar-refractivity contribution in [3.05, 3.63) is 0 Å². The van der Waals surface area contributed by atoms with Crippen LogP contribution in [0, 0.1) is 0 Å². The van der Waals surface area contributed by atoms with Gasteiger partial charge in [0, 0.05) is 0 Å². The van der Waals surface area contributed by atoms with Crippen molar-refractivity contribution in [2.24, 2.45) is 0 Å². The molecule has 0 aliphatic heterocycles. The van der Waals surface area contributed by atoms with E-state index >= 15 is 0 Å². The summed E-state index contributed by atoms with van der Waals surface area (Å²) in [4.78, 5) is 0. The van der Waals surface area contributed by atoms with E-state index in [1.165, 1.54) is 0 Å². The van der Waals surface area contributed by atoms with E-state index in [0.29, 0.717) is 0 Å². The van der Waals surface area contributed by atoms with E-state index in [1.54, 1.807) is 0 Å². The molecule has 0 aliphatic rings. The Bertz CT molecular complexity index is 1060. The molecule has 0 spiro atoms. The second kappa shape index (κ2) is 26.4. The average Bonchev–Trinajstić information content (AvgIpc) is 2.16. The van der Waals surface area contributed by atoms with Gasteiger partial charge in [0.15, 0.2) is 0 Å². The summed E-state index contributed by atoms with van der Waals surface area (Å²) in [6, 6.07) is 0. The molecule has 0 bridgehead atoms. The van der Waals surface area contributed by atoms with Crippen LogP contribution in [0.2, 0.25) is 0 Å². The Hall–Kier alpha value is -0.0400. The molecule has 0 saturated heterocycles. The monoisotopic (exact) mass is 808 g/mol. The zero-order valence-electron chi connectivity index (χ0n) is 17.0. The van der Waals surface area contributed by atoms with E-state index in [2.05, 4.69) is 0 Å². The van der Waals surface area contributed by atoms with E-state index in [4.69, 9.17) is 140 Å². The van der Waals surface area contributed by atoms with Crippen LogP contribution in [-0.4, -0.2) is 170 Å². The third-order valence-corrected chi connectivity index (χ3v) is 0. The molecule has 0 amide bonds. The van der Waals surface area contributed by atoms with Gasteiger partial charge < -0.3 is 0 Å². The van der Waals surface area contributed by atoms with Gasteiger partial charge >= 0.3 is 113 Å². The molecule has 0 fully saturated rings. The first-order valence-corrected chi connectivity index (χ1v) is 16.8. The van der Waals surface area contributed by atoms with Crippen molar-refractivity contribution >= 4 is 113 Å². The van der Waals surface area contributed by atoms with E-state index in [9.17, 15) is 0 Å². The molecule has 0 saturated carbocycles. The van der Waals surface area contributed by atoms with Gasteiger partial charge in [-0.2, -0.15) is 67.3 Å². The molecule has 0 aromatic heterocycles. The molecular weight excluding hydrogens is 791 g/mol. The van der Waals surface area contributed by atoms with Crippen LogP contribution in [0.15, 0.2) is 0 Å². The number of hydrogen-bond acceptors (Lipinski definition) is 16. The summed E-state index contributed by atoms with van der Waals surface area (Å²) >= 11 is 0. The maximum absolute atomic E-state index is 8.74. The van der Waals surface area contributed by atoms with Gasteiger partial charge in [0.25, 0.3) is 0 Å². The molecule has 0 unspecified atom stereocenters. The quantitative estimate of drug-likeness (QED) is 0.0800. The second-order valence-corrected chi connectivity index (χ2v) is 10.7. The Labute approximate surface area is 251 Å². The standard InChI is InChI=1S/Na.8H2O4S.H/c;8*1-5(2,3)4;/h;8*(H2,1,2,3,4);. The van der Waals surface area contributed by atoms with Gasteiger partial charge in [-0.15, -0.1) is 0 Å². The van der Waals surface area contributed by atoms with Gasteiger partial charge in [0.2, 0.25) is 0 Å². The minimum absolute atomic E-state index is 0. The SMILES string of the molecule is O=S(=O)(O)O.O=S(=O)(O)O.O=S(=O)(O)O.O=S(=O)(O)O.O=S(=O)(O)O.O=S(=O)(O)O.O=S(=O)(O)O.O=S(=O)(O)O.[NaH]. The third-order valence-electron chi connectivity index (χ3n) is 0. The van der Waals surface area contributed by atoms with Crippen LogP contribution in [0.1, 0.15) is 0 Å². The Morgan fingerprint density at radius 1 is 0.171 bits per heavy atom. The Morgan fingerprint density at radius 2 is 0.171 bits per heavy atom. The molecule has 0 atom stereocenters. The first kappa shape index (κ1) is 64.0. The topological polar surface area (TPSA) is 597 Å². The van der Waals surface area contributed by atoms with Crippen molar-refractivity contribution in [3.63, 3.8) is 0 Å². The Balaban J connectivity index is -0.0000000406. The zero-order chi connectivity index (χ0) is 36.0. The molecule has 16 N–H and O–H groups in total. The zero-order valence-corrected chi connectivity index (χ0v) is 23.5. The second-order valence-electron chi connectivity index (χ2n) is 3.58. The number of hydrogen-bond donors (Lipinski definition) is 16. The van der Waals surface area contributed by atoms with Crippen LogP contribution >= 0.6 is 0 Å². The molecule has 0 rings (SSSR count). The fraction of sp³-hybridized carbons (Fsp3) is 0. The van der Waals surface area contributed by atoms with Gasteiger partial charge in [-0.05, 0) is 0 Å². The average molecular weight is 809 g/mol. The fourth-order valence-electron chi connectivity index (χ4n) is 0. The summed E-state index contributed by atoms with van der Waals surface area (Å²) in [6.45, 7) is 0. The molecule has 258 valence electrons. The van der Waals surface area contributed by atoms with Crippen molar-refractivity contribution in [2.45, 2.75) is 0 Å². The van der Waals surface area contributed by atoms with Gasteiger partial charge in [-0.25, -0.2) is 0 Å². The predicted octanol–water partition coefficient (Wildman–Crippen LogP) is -5.87. The van der Waals surface area contributed by atoms with Crippen molar-refractivity contribution < 1.29 is 140 Å². The molecule has 41 heavy (non-hydrogen) atoms. The maximum atomic E-state index is 8.74. The molecule has 0 aromatic carbocycles. The molecule has 0 aliphatic carbocycles. The summed E-state index contributed by atoms with van der Waals surface area (Å²) in [6.07, 6.45) is 0. The molecule has 0 aromatic rings. The molecular formula is H17NaO32S8. The molecule has 41 heteroatoms. The van der Waals surface area contributed by atoms with E-state index in [1.807, 2.05) is 0 Å². The van der Waals surface area contributed by atoms with E-state index in [0.717, 1.165) is 0 Å². The fourth-order valence-corrected chi connectivity index (χ4v) is 0. The molecule has 0 heterocycles. The van der Waals surface area contributed by atoms with Crippen LogP contribution in [0.5, 0.6) is 0 Å². The van der Waals surface area contributed by atoms with Crippen molar-refractivity contribution in [2.75, 3.05) is 0 Å². The van der Waals surface area contributed by atoms with Crippen LogP contribution < -0.4 is 0 Å². The van der Waals surface area contributed by atoms with Crippen molar-refractivity contribution in [1.82, 2.24) is 0 Å². The normalized spacial score (nSPS) is 11.3. The molecule has 32 nitrogen and oxygen atoms in total. The van der Waals surface area contributed by atoms with Crippen LogP contribution in [-0.2, 0) is 83.2 Å². The molecule has 0 radical (unpaired) electrons. The third kappa shape index (κ3) is 36000000. The summed E-state index contributed by atoms with van der Waals surface area (Å²) < 4.78 is 253. The number of rotatable bonds is 0. The van der Waals surface area contributed by atoms with Crippen molar-refractivity contribution in [1.29, 1.82) is 0 Å². The summed E-state index contributed by atoms with van der Waals surface area (Å²) in [7, 11) is -37.3. The van der Waals surface area contributed by atoms with Gasteiger partial charge in [-0.3, -0.25) is 72.8 Å². The van der Waals surface area contributed by atoms with E-state index < -0.39 is 83.2 Å². The summed E-state index contributed by atoms with van der Waals surface area (Å²) in [5.41, 5.74) is 0. The summed E-state index contributed by atoms with van der Waals surface area (Å²) in [5.74, 6) is 0. The van der Waals surface area contributed by atoms with Gasteiger partial charge in [0.1, 0.15) is 0 Å². The van der Waals surface area contributed by atoms with Crippen molar-refractivity contribution in [3.8, 4) is 0 Å². The van der Waals surface area contributed by atoms with Crippen LogP contribution in [0.25, 0.3) is 0 Å².